The van der Waals surface area contributed by atoms with Gasteiger partial charge in [-0.2, -0.15) is 0 Å². The topological polar surface area (TPSA) is 96.5 Å². The van der Waals surface area contributed by atoms with Gasteiger partial charge in [0.15, 0.2) is 0 Å². The normalized spacial score (nSPS) is 11.8. The highest BCUT2D eigenvalue weighted by Gasteiger charge is 2.18. The standard InChI is InChI=1S/C33H29ClFN3O4S/c1-3-42-26-15-12-22(13-16-26)18-30(38-32(40)23-8-5-4-6-9-23)33(41)37-24-10-7-11-27(19-24)43-21(2)31(39)36-25-14-17-29(35)28(34)20-25/h4-21H,3H2,1-2H3,(H,36,39)(H,37,41)(H,38,40)/b30-18+. The number of thioether (sulfide) groups is 1. The molecule has 0 aromatic heterocycles. The van der Waals surface area contributed by atoms with Crippen LogP contribution in [0.4, 0.5) is 15.8 Å². The molecular formula is C33H29ClFN3O4S. The van der Waals surface area contributed by atoms with Crippen LogP contribution >= 0.6 is 23.4 Å². The average Bonchev–Trinajstić information content (AvgIpc) is 3.00. The molecule has 0 radical (unpaired) electrons. The van der Waals surface area contributed by atoms with E-state index in [-0.39, 0.29) is 16.6 Å². The SMILES string of the molecule is CCOc1ccc(/C=C(/NC(=O)c2ccccc2)C(=O)Nc2cccc(SC(C)C(=O)Nc3ccc(F)c(Cl)c3)c2)cc1. The number of carbonyl (C=O) groups excluding carboxylic acids is 3. The first-order valence-corrected chi connectivity index (χ1v) is 14.6. The van der Waals surface area contributed by atoms with Crippen LogP contribution in [0.25, 0.3) is 6.08 Å². The molecule has 0 saturated heterocycles. The molecule has 7 nitrogen and oxygen atoms in total. The largest absolute Gasteiger partial charge is 0.494 e. The summed E-state index contributed by atoms with van der Waals surface area (Å²) >= 11 is 7.09. The monoisotopic (exact) mass is 617 g/mol. The Bertz CT molecular complexity index is 1630. The minimum absolute atomic E-state index is 0.0433. The second-order valence-electron chi connectivity index (χ2n) is 9.24. The summed E-state index contributed by atoms with van der Waals surface area (Å²) in [5, 5.41) is 7.67. The Hall–Kier alpha value is -4.60. The summed E-state index contributed by atoms with van der Waals surface area (Å²) in [7, 11) is 0. The molecule has 0 spiro atoms. The van der Waals surface area contributed by atoms with E-state index in [1.54, 1.807) is 85.8 Å². The van der Waals surface area contributed by atoms with Crippen molar-refractivity contribution in [3.05, 3.63) is 125 Å². The smallest absolute Gasteiger partial charge is 0.272 e. The molecular weight excluding hydrogens is 589 g/mol. The van der Waals surface area contributed by atoms with Crippen LogP contribution in [0.15, 0.2) is 108 Å². The lowest BCUT2D eigenvalue weighted by molar-refractivity contribution is -0.115. The summed E-state index contributed by atoms with van der Waals surface area (Å²) in [5.41, 5.74) is 1.99. The van der Waals surface area contributed by atoms with Crippen molar-refractivity contribution in [1.82, 2.24) is 5.32 Å². The Morgan fingerprint density at radius 2 is 1.63 bits per heavy atom. The minimum atomic E-state index is -0.571. The number of hydrogen-bond donors (Lipinski definition) is 3. The zero-order chi connectivity index (χ0) is 30.8. The third kappa shape index (κ3) is 9.19. The zero-order valence-electron chi connectivity index (χ0n) is 23.4. The number of hydrogen-bond acceptors (Lipinski definition) is 5. The molecule has 3 N–H and O–H groups in total. The highest BCUT2D eigenvalue weighted by molar-refractivity contribution is 8.00. The van der Waals surface area contributed by atoms with Gasteiger partial charge in [-0.25, -0.2) is 4.39 Å². The van der Waals surface area contributed by atoms with Gasteiger partial charge in [-0.05, 0) is 86.2 Å². The predicted molar refractivity (Wildman–Crippen MR) is 170 cm³/mol. The van der Waals surface area contributed by atoms with Gasteiger partial charge in [-0.3, -0.25) is 14.4 Å². The van der Waals surface area contributed by atoms with E-state index in [0.29, 0.717) is 34.9 Å². The molecule has 0 bridgehead atoms. The third-order valence-corrected chi connectivity index (χ3v) is 7.38. The van der Waals surface area contributed by atoms with Gasteiger partial charge in [-0.1, -0.05) is 48.0 Å². The Morgan fingerprint density at radius 1 is 0.907 bits per heavy atom. The first-order chi connectivity index (χ1) is 20.7. The summed E-state index contributed by atoms with van der Waals surface area (Å²) in [6, 6.07) is 26.7. The Kier molecular flexibility index (Phi) is 11.0. The van der Waals surface area contributed by atoms with E-state index in [9.17, 15) is 18.8 Å². The van der Waals surface area contributed by atoms with Gasteiger partial charge in [0, 0.05) is 21.8 Å². The maximum atomic E-state index is 13.4. The first-order valence-electron chi connectivity index (χ1n) is 13.4. The van der Waals surface area contributed by atoms with Gasteiger partial charge in [-0.15, -0.1) is 11.8 Å². The van der Waals surface area contributed by atoms with Crippen LogP contribution in [0.1, 0.15) is 29.8 Å². The van der Waals surface area contributed by atoms with Gasteiger partial charge in [0.25, 0.3) is 11.8 Å². The fourth-order valence-corrected chi connectivity index (χ4v) is 4.96. The average molecular weight is 618 g/mol. The van der Waals surface area contributed by atoms with Gasteiger partial charge in [0.05, 0.1) is 16.9 Å². The quantitative estimate of drug-likeness (QED) is 0.120. The van der Waals surface area contributed by atoms with Crippen LogP contribution in [0.2, 0.25) is 5.02 Å². The fraction of sp³-hybridized carbons (Fsp3) is 0.121. The van der Waals surface area contributed by atoms with Gasteiger partial charge < -0.3 is 20.7 Å². The molecule has 220 valence electrons. The highest BCUT2D eigenvalue weighted by Crippen LogP contribution is 2.28. The van der Waals surface area contributed by atoms with E-state index in [0.717, 1.165) is 4.90 Å². The number of rotatable bonds is 11. The maximum Gasteiger partial charge on any atom is 0.272 e. The van der Waals surface area contributed by atoms with Crippen LogP contribution in [-0.4, -0.2) is 29.6 Å². The number of amides is 3. The summed E-state index contributed by atoms with van der Waals surface area (Å²) in [4.78, 5) is 39.8. The van der Waals surface area contributed by atoms with Crippen molar-refractivity contribution in [2.75, 3.05) is 17.2 Å². The summed E-state index contributed by atoms with van der Waals surface area (Å²) < 4.78 is 18.9. The highest BCUT2D eigenvalue weighted by atomic mass is 35.5. The predicted octanol–water partition coefficient (Wildman–Crippen LogP) is 7.41. The van der Waals surface area contributed by atoms with Crippen molar-refractivity contribution in [3.8, 4) is 5.75 Å². The van der Waals surface area contributed by atoms with Crippen molar-refractivity contribution in [1.29, 1.82) is 0 Å². The lowest BCUT2D eigenvalue weighted by atomic mass is 10.1. The molecule has 0 fully saturated rings. The van der Waals surface area contributed by atoms with Crippen LogP contribution in [0, 0.1) is 5.82 Å². The van der Waals surface area contributed by atoms with Crippen LogP contribution in [0.5, 0.6) is 5.75 Å². The molecule has 1 atom stereocenters. The first kappa shape index (κ1) is 31.3. The number of ether oxygens (including phenoxy) is 1. The molecule has 43 heavy (non-hydrogen) atoms. The van der Waals surface area contributed by atoms with Gasteiger partial charge >= 0.3 is 0 Å². The molecule has 4 aromatic rings. The van der Waals surface area contributed by atoms with Crippen molar-refractivity contribution in [2.45, 2.75) is 24.0 Å². The van der Waals surface area contributed by atoms with Crippen LogP contribution < -0.4 is 20.7 Å². The molecule has 3 amide bonds. The number of benzene rings is 4. The van der Waals surface area contributed by atoms with E-state index in [4.69, 9.17) is 16.3 Å². The van der Waals surface area contributed by atoms with Crippen LogP contribution in [-0.2, 0) is 9.59 Å². The molecule has 4 rings (SSSR count). The minimum Gasteiger partial charge on any atom is -0.494 e. The van der Waals surface area contributed by atoms with E-state index < -0.39 is 22.9 Å². The lowest BCUT2D eigenvalue weighted by Crippen LogP contribution is -2.30. The van der Waals surface area contributed by atoms with Crippen molar-refractivity contribution in [3.63, 3.8) is 0 Å². The van der Waals surface area contributed by atoms with Crippen LogP contribution in [0.3, 0.4) is 0 Å². The molecule has 0 aliphatic carbocycles. The van der Waals surface area contributed by atoms with Crippen molar-refractivity contribution >= 4 is 58.5 Å². The maximum absolute atomic E-state index is 13.4. The van der Waals surface area contributed by atoms with Gasteiger partial charge in [0.1, 0.15) is 17.3 Å². The fourth-order valence-electron chi connectivity index (χ4n) is 3.86. The Balaban J connectivity index is 1.48. The number of anilines is 2. The second-order valence-corrected chi connectivity index (χ2v) is 11.1. The van der Waals surface area contributed by atoms with Gasteiger partial charge in [0.2, 0.25) is 5.91 Å². The lowest BCUT2D eigenvalue weighted by Gasteiger charge is -2.14. The zero-order valence-corrected chi connectivity index (χ0v) is 25.0. The molecule has 1 unspecified atom stereocenters. The number of nitrogens with one attached hydrogen (secondary N) is 3. The molecule has 0 heterocycles. The number of carbonyl (C=O) groups is 3. The second kappa shape index (κ2) is 15.0. The molecule has 0 aliphatic rings. The third-order valence-electron chi connectivity index (χ3n) is 5.99. The van der Waals surface area contributed by atoms with E-state index >= 15 is 0 Å². The Labute approximate surface area is 258 Å². The van der Waals surface area contributed by atoms with E-state index in [1.165, 1.54) is 30.0 Å². The molecule has 10 heteroatoms. The van der Waals surface area contributed by atoms with E-state index in [1.807, 2.05) is 13.0 Å². The number of halogens is 2. The molecule has 4 aromatic carbocycles. The molecule has 0 saturated carbocycles. The van der Waals surface area contributed by atoms with E-state index in [2.05, 4.69) is 16.0 Å². The van der Waals surface area contributed by atoms with Crippen molar-refractivity contribution in [2.24, 2.45) is 0 Å². The summed E-state index contributed by atoms with van der Waals surface area (Å²) in [6.45, 7) is 4.15. The Morgan fingerprint density at radius 3 is 2.33 bits per heavy atom. The van der Waals surface area contributed by atoms with Crippen molar-refractivity contribution < 1.29 is 23.5 Å². The molecule has 0 aliphatic heterocycles. The summed E-state index contributed by atoms with van der Waals surface area (Å²) in [5.74, 6) is -1.14. The summed E-state index contributed by atoms with van der Waals surface area (Å²) in [6.07, 6.45) is 1.58.